The number of benzene rings is 9. The van der Waals surface area contributed by atoms with Crippen LogP contribution in [0, 0.1) is 0 Å². The Hall–Kier alpha value is -7.01. The Morgan fingerprint density at radius 3 is 1.64 bits per heavy atom. The summed E-state index contributed by atoms with van der Waals surface area (Å²) in [5.41, 5.74) is 1.57. The molecule has 0 fully saturated rings. The van der Waals surface area contributed by atoms with E-state index in [0.29, 0.717) is 11.1 Å². The van der Waals surface area contributed by atoms with Crippen molar-refractivity contribution >= 4 is 63.8 Å². The highest BCUT2D eigenvalue weighted by molar-refractivity contribution is 7.26. The van der Waals surface area contributed by atoms with Gasteiger partial charge in [0.15, 0.2) is 17.5 Å². The molecule has 0 aliphatic rings. The molecule has 0 aliphatic carbocycles. The van der Waals surface area contributed by atoms with Gasteiger partial charge < -0.3 is 0 Å². The second kappa shape index (κ2) is 12.8. The molecule has 2 aromatic heterocycles. The minimum atomic E-state index is -0.778. The van der Waals surface area contributed by atoms with E-state index < -0.39 is 107 Å². The zero-order valence-electron chi connectivity index (χ0n) is 43.5. The van der Waals surface area contributed by atoms with Crippen LogP contribution in [0.15, 0.2) is 188 Å². The van der Waals surface area contributed by atoms with Crippen LogP contribution in [0.3, 0.4) is 0 Å². The molecule has 0 aliphatic heterocycles. The van der Waals surface area contributed by atoms with Gasteiger partial charge in [0.2, 0.25) is 0 Å². The summed E-state index contributed by atoms with van der Waals surface area (Å²) in [6, 6.07) is 20.4. The van der Waals surface area contributed by atoms with Crippen molar-refractivity contribution in [3.63, 3.8) is 0 Å². The lowest BCUT2D eigenvalue weighted by Gasteiger charge is -2.12. The van der Waals surface area contributed by atoms with Gasteiger partial charge in [-0.25, -0.2) is 15.0 Å². The average molecular weight is 733 g/mol. The first-order valence-corrected chi connectivity index (χ1v) is 18.1. The predicted molar refractivity (Wildman–Crippen MR) is 232 cm³/mol. The number of nitrogens with zero attached hydrogens (tertiary/aromatic N) is 3. The standard InChI is InChI=1S/C51H31N3S/c1-2-12-33(13-3-1)49-52-50(54-51(53-49)37-15-10-14-36(30-37)38-21-11-22-45-44-20-8-9-23-47(44)55-48(38)45)34-26-24-32(25-27-34)35-28-29-43-41-18-5-4-16-39(41)40-17-6-7-19-42(40)46(43)31-35/h1-31H/i4D,5D,6D,7D,16D,17D,18D,19D,24D,25D,26D,27D,28D,29D,31D. The van der Waals surface area contributed by atoms with E-state index in [1.54, 1.807) is 35.6 Å². The molecule has 0 saturated carbocycles. The number of thiophene rings is 1. The fraction of sp³-hybridized carbons (Fsp3) is 0. The number of hydrogen-bond donors (Lipinski definition) is 0. The summed E-state index contributed by atoms with van der Waals surface area (Å²) in [4.78, 5) is 14.3. The molecule has 0 radical (unpaired) electrons. The van der Waals surface area contributed by atoms with Gasteiger partial charge >= 0.3 is 0 Å². The number of rotatable bonds is 5. The third-order valence-corrected chi connectivity index (χ3v) is 10.8. The van der Waals surface area contributed by atoms with Crippen LogP contribution in [0.2, 0.25) is 0 Å². The Morgan fingerprint density at radius 1 is 0.364 bits per heavy atom. The first-order valence-electron chi connectivity index (χ1n) is 24.8. The molecule has 0 amide bonds. The fourth-order valence-corrected chi connectivity index (χ4v) is 8.20. The molecule has 0 unspecified atom stereocenters. The molecule has 11 rings (SSSR count). The van der Waals surface area contributed by atoms with Crippen molar-refractivity contribution in [2.24, 2.45) is 0 Å². The highest BCUT2D eigenvalue weighted by Crippen LogP contribution is 2.41. The van der Waals surface area contributed by atoms with E-state index in [2.05, 4.69) is 18.2 Å². The lowest BCUT2D eigenvalue weighted by molar-refractivity contribution is 1.07. The largest absolute Gasteiger partial charge is 0.208 e. The first kappa shape index (κ1) is 19.9. The Labute approximate surface area is 342 Å². The van der Waals surface area contributed by atoms with Gasteiger partial charge in [0.25, 0.3) is 0 Å². The zero-order valence-corrected chi connectivity index (χ0v) is 29.3. The van der Waals surface area contributed by atoms with E-state index in [1.165, 1.54) is 0 Å². The van der Waals surface area contributed by atoms with E-state index in [9.17, 15) is 9.60 Å². The van der Waals surface area contributed by atoms with Gasteiger partial charge in [0, 0.05) is 36.9 Å². The van der Waals surface area contributed by atoms with Crippen LogP contribution < -0.4 is 0 Å². The van der Waals surface area contributed by atoms with Gasteiger partial charge in [-0.05, 0) is 72.7 Å². The minimum absolute atomic E-state index is 0.173. The topological polar surface area (TPSA) is 38.7 Å². The van der Waals surface area contributed by atoms with E-state index in [-0.39, 0.29) is 50.0 Å². The first-order chi connectivity index (χ1) is 33.5. The summed E-state index contributed by atoms with van der Waals surface area (Å²) in [5, 5.41) is 0.0900. The van der Waals surface area contributed by atoms with E-state index >= 15 is 0 Å². The summed E-state index contributed by atoms with van der Waals surface area (Å²) in [6.45, 7) is 0. The third kappa shape index (κ3) is 5.38. The second-order valence-electron chi connectivity index (χ2n) is 12.8. The van der Waals surface area contributed by atoms with Crippen LogP contribution in [0.4, 0.5) is 0 Å². The molecule has 0 N–H and O–H groups in total. The third-order valence-electron chi connectivity index (χ3n) is 9.54. The Bertz CT molecular complexity index is 4070. The Balaban J connectivity index is 1.15. The van der Waals surface area contributed by atoms with Gasteiger partial charge in [-0.15, -0.1) is 11.3 Å². The number of hydrogen-bond acceptors (Lipinski definition) is 4. The molecule has 9 aromatic carbocycles. The Kier molecular flexibility index (Phi) is 4.64. The van der Waals surface area contributed by atoms with Gasteiger partial charge in [0.05, 0.1) is 20.6 Å². The summed E-state index contributed by atoms with van der Waals surface area (Å²) >= 11 is 1.69. The molecule has 55 heavy (non-hydrogen) atoms. The molecule has 2 heterocycles. The van der Waals surface area contributed by atoms with Crippen LogP contribution in [0.5, 0.6) is 0 Å². The van der Waals surface area contributed by atoms with Crippen LogP contribution in [-0.4, -0.2) is 15.0 Å². The number of fused-ring (bicyclic) bond motifs is 9. The molecular formula is C51H31N3S. The molecule has 0 atom stereocenters. The van der Waals surface area contributed by atoms with Crippen LogP contribution in [0.1, 0.15) is 20.6 Å². The van der Waals surface area contributed by atoms with E-state index in [4.69, 9.17) is 25.9 Å². The monoisotopic (exact) mass is 732 g/mol. The Morgan fingerprint density at radius 2 is 0.891 bits per heavy atom. The van der Waals surface area contributed by atoms with Crippen LogP contribution >= 0.6 is 11.3 Å². The van der Waals surface area contributed by atoms with Crippen LogP contribution in [-0.2, 0) is 0 Å². The van der Waals surface area contributed by atoms with Crippen molar-refractivity contribution < 1.29 is 20.6 Å². The summed E-state index contributed by atoms with van der Waals surface area (Å²) < 4.78 is 138. The molecule has 3 nitrogen and oxygen atoms in total. The molecule has 256 valence electrons. The van der Waals surface area contributed by atoms with Crippen molar-refractivity contribution in [2.75, 3.05) is 0 Å². The molecule has 0 spiro atoms. The molecule has 0 saturated heterocycles. The van der Waals surface area contributed by atoms with Crippen molar-refractivity contribution in [2.45, 2.75) is 0 Å². The van der Waals surface area contributed by atoms with Crippen molar-refractivity contribution in [1.82, 2.24) is 15.0 Å². The lowest BCUT2D eigenvalue weighted by atomic mass is 9.92. The normalized spacial score (nSPS) is 15.5. The van der Waals surface area contributed by atoms with Gasteiger partial charge in [-0.3, -0.25) is 0 Å². The maximum absolute atomic E-state index is 9.66. The highest BCUT2D eigenvalue weighted by Gasteiger charge is 2.16. The van der Waals surface area contributed by atoms with Crippen LogP contribution in [0.25, 0.3) is 109 Å². The summed E-state index contributed by atoms with van der Waals surface area (Å²) in [7, 11) is 0. The minimum Gasteiger partial charge on any atom is -0.208 e. The highest BCUT2D eigenvalue weighted by atomic mass is 32.1. The lowest BCUT2D eigenvalue weighted by Crippen LogP contribution is -2.00. The molecule has 11 aromatic rings. The molecule has 0 bridgehead atoms. The van der Waals surface area contributed by atoms with E-state index in [1.807, 2.05) is 54.6 Å². The van der Waals surface area contributed by atoms with Gasteiger partial charge in [-0.2, -0.15) is 0 Å². The quantitative estimate of drug-likeness (QED) is 0.165. The van der Waals surface area contributed by atoms with Crippen molar-refractivity contribution in [1.29, 1.82) is 0 Å². The maximum atomic E-state index is 9.66. The summed E-state index contributed by atoms with van der Waals surface area (Å²) in [5.74, 6) is 0.145. The van der Waals surface area contributed by atoms with E-state index in [0.717, 1.165) is 31.3 Å². The average Bonchev–Trinajstić information content (AvgIpc) is 3.76. The maximum Gasteiger partial charge on any atom is 0.164 e. The SMILES string of the molecule is [2H]c1c([2H])c(-c2c([2H])c([2H])c3c4c([2H])c([2H])c([2H])c([2H])c4c4c([2H])c([2H])c([2H])c([2H])c4c3c2[2H])c([2H])c([2H])c1-c1nc(-c2ccccc2)nc(-c2cccc(-c3cccc4c3sc3ccccc34)c2)n1. The summed E-state index contributed by atoms with van der Waals surface area (Å²) in [6.07, 6.45) is 0. The smallest absolute Gasteiger partial charge is 0.164 e. The zero-order chi connectivity index (χ0) is 49.3. The van der Waals surface area contributed by atoms with Crippen molar-refractivity contribution in [3.05, 3.63) is 188 Å². The molecule has 4 heteroatoms. The predicted octanol–water partition coefficient (Wildman–Crippen LogP) is 14.0. The molecular weight excluding hydrogens is 687 g/mol. The van der Waals surface area contributed by atoms with Gasteiger partial charge in [-0.1, -0.05) is 170 Å². The second-order valence-corrected chi connectivity index (χ2v) is 13.8. The van der Waals surface area contributed by atoms with Gasteiger partial charge in [0.1, 0.15) is 0 Å². The fourth-order valence-electron chi connectivity index (χ4n) is 6.96. The van der Waals surface area contributed by atoms with Crippen molar-refractivity contribution in [3.8, 4) is 56.4 Å². The number of aromatic nitrogens is 3.